The van der Waals surface area contributed by atoms with Crippen molar-refractivity contribution in [2.75, 3.05) is 13.1 Å². The van der Waals surface area contributed by atoms with Crippen molar-refractivity contribution in [3.05, 3.63) is 17.7 Å². The van der Waals surface area contributed by atoms with Crippen LogP contribution in [0.15, 0.2) is 6.20 Å². The fourth-order valence-electron chi connectivity index (χ4n) is 2.44. The van der Waals surface area contributed by atoms with Crippen LogP contribution in [0.2, 0.25) is 0 Å². The Labute approximate surface area is 84.5 Å². The minimum atomic E-state index is 0.660. The molecule has 1 aliphatic carbocycles. The van der Waals surface area contributed by atoms with Crippen LogP contribution in [0.1, 0.15) is 42.7 Å². The van der Waals surface area contributed by atoms with E-state index in [4.69, 9.17) is 0 Å². The number of rotatable bonds is 2. The highest BCUT2D eigenvalue weighted by molar-refractivity contribution is 5.14. The average molecular weight is 191 g/mol. The minimum Gasteiger partial charge on any atom is -0.328 e. The third-order valence-electron chi connectivity index (χ3n) is 3.35. The molecule has 3 heteroatoms. The van der Waals surface area contributed by atoms with Crippen LogP contribution in [0.5, 0.6) is 0 Å². The highest BCUT2D eigenvalue weighted by atomic mass is 15.2. The maximum atomic E-state index is 4.56. The third kappa shape index (κ3) is 1.27. The Morgan fingerprint density at radius 3 is 2.93 bits per heavy atom. The van der Waals surface area contributed by atoms with Crippen molar-refractivity contribution in [1.29, 1.82) is 0 Å². The lowest BCUT2D eigenvalue weighted by Gasteiger charge is -2.16. The quantitative estimate of drug-likeness (QED) is 0.769. The van der Waals surface area contributed by atoms with Gasteiger partial charge in [0.05, 0.1) is 0 Å². The molecule has 1 saturated carbocycles. The lowest BCUT2D eigenvalue weighted by Crippen LogP contribution is -2.16. The number of nitrogens with zero attached hydrogens (tertiary/aromatic N) is 2. The van der Waals surface area contributed by atoms with E-state index in [2.05, 4.69) is 21.8 Å². The molecular weight excluding hydrogens is 174 g/mol. The summed E-state index contributed by atoms with van der Waals surface area (Å²) in [5.41, 5.74) is 1.33. The van der Waals surface area contributed by atoms with Gasteiger partial charge < -0.3 is 9.88 Å². The molecule has 14 heavy (non-hydrogen) atoms. The van der Waals surface area contributed by atoms with Crippen LogP contribution in [0.25, 0.3) is 0 Å². The van der Waals surface area contributed by atoms with Crippen LogP contribution >= 0.6 is 0 Å². The molecule has 3 nitrogen and oxygen atoms in total. The van der Waals surface area contributed by atoms with Crippen LogP contribution in [-0.4, -0.2) is 22.6 Å². The highest BCUT2D eigenvalue weighted by Gasteiger charge is 2.31. The van der Waals surface area contributed by atoms with Gasteiger partial charge in [0.1, 0.15) is 5.82 Å². The fourth-order valence-corrected chi connectivity index (χ4v) is 2.44. The van der Waals surface area contributed by atoms with Gasteiger partial charge in [-0.15, -0.1) is 0 Å². The van der Waals surface area contributed by atoms with Gasteiger partial charge in [-0.25, -0.2) is 4.98 Å². The SMILES string of the molecule is Cc1cnc(C2CC2)n1[C@H]1CCNC1. The molecule has 2 fully saturated rings. The van der Waals surface area contributed by atoms with E-state index in [1.54, 1.807) is 0 Å². The Morgan fingerprint density at radius 2 is 2.29 bits per heavy atom. The first-order chi connectivity index (χ1) is 6.86. The van der Waals surface area contributed by atoms with Gasteiger partial charge in [-0.2, -0.15) is 0 Å². The zero-order valence-corrected chi connectivity index (χ0v) is 8.66. The first-order valence-corrected chi connectivity index (χ1v) is 5.60. The van der Waals surface area contributed by atoms with Crippen molar-refractivity contribution in [2.45, 2.75) is 38.1 Å². The molecule has 1 aromatic rings. The zero-order valence-electron chi connectivity index (χ0n) is 8.66. The van der Waals surface area contributed by atoms with Crippen molar-refractivity contribution in [3.8, 4) is 0 Å². The minimum absolute atomic E-state index is 0.660. The van der Waals surface area contributed by atoms with Crippen LogP contribution in [0.4, 0.5) is 0 Å². The standard InChI is InChI=1S/C11H17N3/c1-8-6-13-11(9-2-3-9)14(8)10-4-5-12-7-10/h6,9-10,12H,2-5,7H2,1H3/t10-/m0/s1. The van der Waals surface area contributed by atoms with E-state index < -0.39 is 0 Å². The van der Waals surface area contributed by atoms with Crippen LogP contribution in [-0.2, 0) is 0 Å². The molecule has 2 heterocycles. The van der Waals surface area contributed by atoms with Gasteiger partial charge in [-0.1, -0.05) is 0 Å². The summed E-state index contributed by atoms with van der Waals surface area (Å²) >= 11 is 0. The van der Waals surface area contributed by atoms with Gasteiger partial charge >= 0.3 is 0 Å². The first kappa shape index (κ1) is 8.48. The van der Waals surface area contributed by atoms with Gasteiger partial charge in [-0.05, 0) is 32.7 Å². The summed E-state index contributed by atoms with van der Waals surface area (Å²) in [5.74, 6) is 2.11. The van der Waals surface area contributed by atoms with Gasteiger partial charge in [0.25, 0.3) is 0 Å². The van der Waals surface area contributed by atoms with Crippen molar-refractivity contribution in [1.82, 2.24) is 14.9 Å². The third-order valence-corrected chi connectivity index (χ3v) is 3.35. The van der Waals surface area contributed by atoms with Crippen molar-refractivity contribution in [2.24, 2.45) is 0 Å². The van der Waals surface area contributed by atoms with Crippen molar-refractivity contribution in [3.63, 3.8) is 0 Å². The number of aryl methyl sites for hydroxylation is 1. The van der Waals surface area contributed by atoms with Crippen LogP contribution < -0.4 is 5.32 Å². The molecule has 1 aromatic heterocycles. The summed E-state index contributed by atoms with van der Waals surface area (Å²) in [6.45, 7) is 4.46. The molecule has 1 atom stereocenters. The molecule has 3 rings (SSSR count). The van der Waals surface area contributed by atoms with E-state index in [9.17, 15) is 0 Å². The summed E-state index contributed by atoms with van der Waals surface area (Å²) in [6.07, 6.45) is 5.98. The predicted molar refractivity (Wildman–Crippen MR) is 55.5 cm³/mol. The Balaban J connectivity index is 1.96. The fraction of sp³-hybridized carbons (Fsp3) is 0.727. The monoisotopic (exact) mass is 191 g/mol. The second-order valence-electron chi connectivity index (χ2n) is 4.55. The second kappa shape index (κ2) is 3.09. The normalized spacial score (nSPS) is 27.1. The molecule has 1 aliphatic heterocycles. The Morgan fingerprint density at radius 1 is 1.43 bits per heavy atom. The molecule has 0 unspecified atom stereocenters. The smallest absolute Gasteiger partial charge is 0.112 e. The summed E-state index contributed by atoms with van der Waals surface area (Å²) in [6, 6.07) is 0.660. The summed E-state index contributed by atoms with van der Waals surface area (Å²) in [7, 11) is 0. The number of imidazole rings is 1. The van der Waals surface area contributed by atoms with E-state index in [1.807, 2.05) is 6.20 Å². The molecule has 1 saturated heterocycles. The van der Waals surface area contributed by atoms with E-state index in [0.717, 1.165) is 19.0 Å². The maximum absolute atomic E-state index is 4.56. The van der Waals surface area contributed by atoms with Gasteiger partial charge in [0, 0.05) is 30.4 Å². The molecular formula is C11H17N3. The summed E-state index contributed by atoms with van der Waals surface area (Å²) < 4.78 is 2.47. The Kier molecular flexibility index (Phi) is 1.87. The zero-order chi connectivity index (χ0) is 9.54. The van der Waals surface area contributed by atoms with E-state index in [1.165, 1.54) is 30.8 Å². The molecule has 0 spiro atoms. The highest BCUT2D eigenvalue weighted by Crippen LogP contribution is 2.40. The summed E-state index contributed by atoms with van der Waals surface area (Å²) in [4.78, 5) is 4.56. The molecule has 76 valence electrons. The van der Waals surface area contributed by atoms with Crippen LogP contribution in [0.3, 0.4) is 0 Å². The van der Waals surface area contributed by atoms with Crippen molar-refractivity contribution < 1.29 is 0 Å². The molecule has 0 amide bonds. The van der Waals surface area contributed by atoms with E-state index >= 15 is 0 Å². The van der Waals surface area contributed by atoms with Gasteiger partial charge in [0.2, 0.25) is 0 Å². The van der Waals surface area contributed by atoms with Crippen molar-refractivity contribution >= 4 is 0 Å². The topological polar surface area (TPSA) is 29.9 Å². The number of nitrogens with one attached hydrogen (secondary N) is 1. The lowest BCUT2D eigenvalue weighted by atomic mass is 10.2. The van der Waals surface area contributed by atoms with Crippen LogP contribution in [0, 0.1) is 6.92 Å². The first-order valence-electron chi connectivity index (χ1n) is 5.60. The number of aromatic nitrogens is 2. The predicted octanol–water partition coefficient (Wildman–Crippen LogP) is 1.60. The number of hydrogen-bond donors (Lipinski definition) is 1. The molecule has 0 radical (unpaired) electrons. The average Bonchev–Trinajstić information content (AvgIpc) is 2.75. The molecule has 2 aliphatic rings. The molecule has 0 aromatic carbocycles. The molecule has 0 bridgehead atoms. The Hall–Kier alpha value is -0.830. The maximum Gasteiger partial charge on any atom is 0.112 e. The van der Waals surface area contributed by atoms with Gasteiger partial charge in [-0.3, -0.25) is 0 Å². The lowest BCUT2D eigenvalue weighted by molar-refractivity contribution is 0.513. The van der Waals surface area contributed by atoms with Gasteiger partial charge in [0.15, 0.2) is 0 Å². The Bertz CT molecular complexity index is 332. The number of hydrogen-bond acceptors (Lipinski definition) is 2. The molecule has 1 N–H and O–H groups in total. The van der Waals surface area contributed by atoms with E-state index in [0.29, 0.717) is 6.04 Å². The van der Waals surface area contributed by atoms with E-state index in [-0.39, 0.29) is 0 Å². The second-order valence-corrected chi connectivity index (χ2v) is 4.55. The largest absolute Gasteiger partial charge is 0.328 e. The summed E-state index contributed by atoms with van der Waals surface area (Å²) in [5, 5.41) is 3.43.